The van der Waals surface area contributed by atoms with Crippen molar-refractivity contribution in [2.24, 2.45) is 12.9 Å². The number of aromatic nitrogens is 2. The highest BCUT2D eigenvalue weighted by molar-refractivity contribution is 5.32. The number of aryl methyl sites for hydroxylation is 1. The Morgan fingerprint density at radius 1 is 1.32 bits per heavy atom. The zero-order chi connectivity index (χ0) is 13.2. The van der Waals surface area contributed by atoms with E-state index in [0.717, 1.165) is 17.2 Å². The summed E-state index contributed by atoms with van der Waals surface area (Å²) in [6, 6.07) is 8.73. The Balaban J connectivity index is 1.83. The molecule has 0 radical (unpaired) electrons. The van der Waals surface area contributed by atoms with Gasteiger partial charge in [0, 0.05) is 13.2 Å². The number of nitrogens with two attached hydrogens (primary N) is 1. The molecule has 1 aliphatic rings. The van der Waals surface area contributed by atoms with Crippen LogP contribution in [0.5, 0.6) is 0 Å². The third-order valence-electron chi connectivity index (χ3n) is 4.03. The van der Waals surface area contributed by atoms with Crippen molar-refractivity contribution in [2.75, 3.05) is 0 Å². The van der Waals surface area contributed by atoms with Gasteiger partial charge in [-0.2, -0.15) is 0 Å². The third-order valence-corrected chi connectivity index (χ3v) is 4.03. The van der Waals surface area contributed by atoms with Gasteiger partial charge in [0.2, 0.25) is 0 Å². The van der Waals surface area contributed by atoms with E-state index in [0.29, 0.717) is 0 Å². The number of imidazole rings is 1. The van der Waals surface area contributed by atoms with Crippen molar-refractivity contribution in [3.05, 3.63) is 53.6 Å². The molecule has 0 bridgehead atoms. The summed E-state index contributed by atoms with van der Waals surface area (Å²) in [5.41, 5.74) is 6.40. The molecule has 0 saturated heterocycles. The molecule has 3 N–H and O–H groups in total. The minimum absolute atomic E-state index is 0.0448. The first kappa shape index (κ1) is 12.4. The molecule has 1 saturated carbocycles. The lowest BCUT2D eigenvalue weighted by atomic mass is 9.80. The van der Waals surface area contributed by atoms with Gasteiger partial charge >= 0.3 is 0 Å². The van der Waals surface area contributed by atoms with Crippen LogP contribution in [0.2, 0.25) is 0 Å². The molecule has 1 aromatic heterocycles. The van der Waals surface area contributed by atoms with E-state index >= 15 is 0 Å². The third kappa shape index (κ3) is 2.41. The standard InChI is InChI=1S/C15H20N4/c1-19-9-14(17-10-19)15(18-16)13-7-5-12(6-8-13)11-3-2-4-11/h5-11,15,18H,2-4,16H2,1H3. The second-order valence-electron chi connectivity index (χ2n) is 5.36. The predicted octanol–water partition coefficient (Wildman–Crippen LogP) is 2.24. The summed E-state index contributed by atoms with van der Waals surface area (Å²) < 4.78 is 1.93. The Morgan fingerprint density at radius 2 is 2.05 bits per heavy atom. The van der Waals surface area contributed by atoms with E-state index in [9.17, 15) is 0 Å². The number of benzene rings is 1. The van der Waals surface area contributed by atoms with E-state index in [1.54, 1.807) is 6.33 Å². The van der Waals surface area contributed by atoms with E-state index in [2.05, 4.69) is 34.7 Å². The first-order chi connectivity index (χ1) is 9.28. The molecule has 0 spiro atoms. The molecule has 1 fully saturated rings. The zero-order valence-corrected chi connectivity index (χ0v) is 11.2. The van der Waals surface area contributed by atoms with Crippen molar-refractivity contribution in [3.8, 4) is 0 Å². The number of rotatable bonds is 4. The number of nitrogens with one attached hydrogen (secondary N) is 1. The van der Waals surface area contributed by atoms with Crippen molar-refractivity contribution in [3.63, 3.8) is 0 Å². The molecule has 0 amide bonds. The fourth-order valence-electron chi connectivity index (χ4n) is 2.64. The van der Waals surface area contributed by atoms with Crippen LogP contribution < -0.4 is 11.3 Å². The summed E-state index contributed by atoms with van der Waals surface area (Å²) in [7, 11) is 1.96. The molecule has 1 unspecified atom stereocenters. The van der Waals surface area contributed by atoms with Crippen LogP contribution in [0.4, 0.5) is 0 Å². The minimum Gasteiger partial charge on any atom is -0.340 e. The first-order valence-corrected chi connectivity index (χ1v) is 6.82. The lowest BCUT2D eigenvalue weighted by Gasteiger charge is -2.26. The fraction of sp³-hybridized carbons (Fsp3) is 0.400. The van der Waals surface area contributed by atoms with Crippen LogP contribution in [0.3, 0.4) is 0 Å². The Bertz CT molecular complexity index is 540. The summed E-state index contributed by atoms with van der Waals surface area (Å²) in [5, 5.41) is 0. The Hall–Kier alpha value is -1.65. The van der Waals surface area contributed by atoms with Gasteiger partial charge in [0.1, 0.15) is 0 Å². The van der Waals surface area contributed by atoms with E-state index in [1.165, 1.54) is 24.8 Å². The molecule has 4 heteroatoms. The molecular weight excluding hydrogens is 236 g/mol. The van der Waals surface area contributed by atoms with E-state index < -0.39 is 0 Å². The average molecular weight is 256 g/mol. The van der Waals surface area contributed by atoms with Gasteiger partial charge in [0.25, 0.3) is 0 Å². The van der Waals surface area contributed by atoms with Crippen molar-refractivity contribution in [1.29, 1.82) is 0 Å². The second-order valence-corrected chi connectivity index (χ2v) is 5.36. The van der Waals surface area contributed by atoms with Gasteiger partial charge in [-0.1, -0.05) is 30.7 Å². The van der Waals surface area contributed by atoms with Crippen molar-refractivity contribution < 1.29 is 0 Å². The van der Waals surface area contributed by atoms with Gasteiger partial charge in [0.15, 0.2) is 0 Å². The van der Waals surface area contributed by atoms with Crippen molar-refractivity contribution in [2.45, 2.75) is 31.2 Å². The highest BCUT2D eigenvalue weighted by Gasteiger charge is 2.20. The van der Waals surface area contributed by atoms with E-state index in [1.807, 2.05) is 17.8 Å². The summed E-state index contributed by atoms with van der Waals surface area (Å²) in [4.78, 5) is 4.37. The highest BCUT2D eigenvalue weighted by atomic mass is 15.2. The maximum Gasteiger partial charge on any atom is 0.0947 e. The van der Waals surface area contributed by atoms with Crippen LogP contribution >= 0.6 is 0 Å². The molecule has 1 aliphatic carbocycles. The number of hydrogen-bond donors (Lipinski definition) is 2. The molecule has 1 aromatic carbocycles. The largest absolute Gasteiger partial charge is 0.340 e. The summed E-state index contributed by atoms with van der Waals surface area (Å²) in [5.74, 6) is 6.45. The van der Waals surface area contributed by atoms with Gasteiger partial charge in [-0.25, -0.2) is 10.4 Å². The van der Waals surface area contributed by atoms with Gasteiger partial charge in [-0.05, 0) is 29.9 Å². The van der Waals surface area contributed by atoms with Crippen LogP contribution in [0.1, 0.15) is 48.0 Å². The van der Waals surface area contributed by atoms with Gasteiger partial charge in [0.05, 0.1) is 18.1 Å². The topological polar surface area (TPSA) is 55.9 Å². The Labute approximate surface area is 113 Å². The molecule has 1 heterocycles. The molecule has 0 aliphatic heterocycles. The lowest BCUT2D eigenvalue weighted by Crippen LogP contribution is -2.29. The quantitative estimate of drug-likeness (QED) is 0.651. The van der Waals surface area contributed by atoms with Crippen LogP contribution in [0.15, 0.2) is 36.8 Å². The summed E-state index contributed by atoms with van der Waals surface area (Å²) >= 11 is 0. The highest BCUT2D eigenvalue weighted by Crippen LogP contribution is 2.36. The number of hydrazine groups is 1. The van der Waals surface area contributed by atoms with Crippen molar-refractivity contribution >= 4 is 0 Å². The van der Waals surface area contributed by atoms with Gasteiger partial charge in [-0.3, -0.25) is 5.84 Å². The lowest BCUT2D eigenvalue weighted by molar-refractivity contribution is 0.419. The van der Waals surface area contributed by atoms with E-state index in [4.69, 9.17) is 5.84 Å². The zero-order valence-electron chi connectivity index (χ0n) is 11.2. The maximum atomic E-state index is 5.68. The summed E-state index contributed by atoms with van der Waals surface area (Å²) in [6.45, 7) is 0. The van der Waals surface area contributed by atoms with E-state index in [-0.39, 0.29) is 6.04 Å². The normalized spacial score (nSPS) is 17.2. The van der Waals surface area contributed by atoms with Gasteiger partial charge < -0.3 is 4.57 Å². The Morgan fingerprint density at radius 3 is 2.53 bits per heavy atom. The first-order valence-electron chi connectivity index (χ1n) is 6.82. The SMILES string of the molecule is Cn1cnc(C(NN)c2ccc(C3CCC3)cc2)c1. The average Bonchev–Trinajstić information content (AvgIpc) is 2.77. The second kappa shape index (κ2) is 5.15. The van der Waals surface area contributed by atoms with Crippen LogP contribution in [0.25, 0.3) is 0 Å². The van der Waals surface area contributed by atoms with Gasteiger partial charge in [-0.15, -0.1) is 0 Å². The van der Waals surface area contributed by atoms with Crippen LogP contribution in [0, 0.1) is 0 Å². The number of nitrogens with zero attached hydrogens (tertiary/aromatic N) is 2. The van der Waals surface area contributed by atoms with Crippen LogP contribution in [-0.2, 0) is 7.05 Å². The smallest absolute Gasteiger partial charge is 0.0947 e. The maximum absolute atomic E-state index is 5.68. The molecule has 2 aromatic rings. The molecular formula is C15H20N4. The Kier molecular flexibility index (Phi) is 3.36. The minimum atomic E-state index is -0.0448. The molecule has 3 rings (SSSR count). The fourth-order valence-corrected chi connectivity index (χ4v) is 2.64. The predicted molar refractivity (Wildman–Crippen MR) is 75.4 cm³/mol. The van der Waals surface area contributed by atoms with Crippen LogP contribution in [-0.4, -0.2) is 9.55 Å². The number of hydrogen-bond acceptors (Lipinski definition) is 3. The molecule has 4 nitrogen and oxygen atoms in total. The molecule has 1 atom stereocenters. The monoisotopic (exact) mass is 256 g/mol. The molecule has 19 heavy (non-hydrogen) atoms. The summed E-state index contributed by atoms with van der Waals surface area (Å²) in [6.07, 6.45) is 7.82. The molecule has 100 valence electrons. The van der Waals surface area contributed by atoms with Crippen molar-refractivity contribution in [1.82, 2.24) is 15.0 Å².